The van der Waals surface area contributed by atoms with Crippen LogP contribution in [0.15, 0.2) is 165 Å². The minimum absolute atomic E-state index is 0.00593. The maximum absolute atomic E-state index is 15.2. The van der Waals surface area contributed by atoms with Gasteiger partial charge in [0.1, 0.15) is 24.7 Å². The number of carbonyl (C=O) groups is 2. The highest BCUT2D eigenvalue weighted by Gasteiger charge is 2.33. The molecule has 0 bridgehead atoms. The first kappa shape index (κ1) is 40.7. The number of halogens is 8. The van der Waals surface area contributed by atoms with Crippen molar-refractivity contribution in [2.45, 2.75) is 133 Å². The van der Waals surface area contributed by atoms with Crippen molar-refractivity contribution in [3.8, 4) is 22.3 Å². The van der Waals surface area contributed by atoms with Crippen molar-refractivity contribution < 1.29 is 88.6 Å². The standard InChI is InChI=1S/2C37H40F4N4O2S/c1-4-43(5-2)18-19-44(22-26-6-10-28(11-7-26)29-12-14-30(15-13-29)37(39,40)41)34(46)23-45-33-21-25(3)20-32(33)35(47)42-36(45)48-24-27-8-16-31(38)17-9-27;1-4-43(5-2)21-22-44(25(3)27-11-13-28(14-12-27)29-15-17-30(18-16-29)37(39,40)41)34(46)23-45-33-8-6-7-32(33)35(47)42-36(45)48-24-26-9-19-31(38)20-10-26/h6-17,25H,4-5,18-24H2,1-3H3;9-20,25H,4-8,21-24H2,1-3H3/i6D,7D,10D,11D,12D,13D,14D,15D,18D2,19D2,20D2,21D2,22D2,24D2,25D;9D,10D,19D,20D,21D2,22D2,24D2,25D. The Balaban J connectivity index is 0.000000292. The zero-order valence-corrected chi connectivity index (χ0v) is 53.5. The molecule has 2 heterocycles. The Morgan fingerprint density at radius 3 is 1.66 bits per heavy atom. The third kappa shape index (κ3) is 18.8. The first-order valence-corrected chi connectivity index (χ1v) is 31.0. The molecule has 0 saturated heterocycles. The van der Waals surface area contributed by atoms with Crippen LogP contribution in [0.3, 0.4) is 0 Å². The lowest BCUT2D eigenvalue weighted by molar-refractivity contribution is -0.138. The Morgan fingerprint density at radius 1 is 0.594 bits per heavy atom. The molecule has 10 rings (SSSR count). The molecule has 96 heavy (non-hydrogen) atoms. The van der Waals surface area contributed by atoms with Gasteiger partial charge in [-0.25, -0.2) is 8.78 Å². The molecular formula is C74H80F8N8O4S2. The molecule has 0 aliphatic heterocycles. The number of thioether (sulfide) groups is 2. The van der Waals surface area contributed by atoms with Crippen LogP contribution in [0.4, 0.5) is 35.1 Å². The summed E-state index contributed by atoms with van der Waals surface area (Å²) >= 11 is 0.0944. The molecule has 508 valence electrons. The van der Waals surface area contributed by atoms with Gasteiger partial charge in [0, 0.05) is 84.2 Å². The van der Waals surface area contributed by atoms with E-state index in [4.69, 9.17) is 34.3 Å². The molecule has 0 fully saturated rings. The van der Waals surface area contributed by atoms with Gasteiger partial charge in [-0.1, -0.05) is 155 Å². The number of aromatic nitrogens is 4. The van der Waals surface area contributed by atoms with E-state index in [0.717, 1.165) is 64.6 Å². The van der Waals surface area contributed by atoms with Crippen molar-refractivity contribution >= 4 is 35.3 Å². The minimum Gasteiger partial charge on any atom is -0.336 e. The van der Waals surface area contributed by atoms with Gasteiger partial charge < -0.3 is 28.7 Å². The molecule has 12 nitrogen and oxygen atoms in total. The van der Waals surface area contributed by atoms with Crippen LogP contribution in [0.5, 0.6) is 0 Å². The van der Waals surface area contributed by atoms with Gasteiger partial charge >= 0.3 is 12.4 Å². The molecule has 8 aromatic rings. The molecule has 22 heteroatoms. The Labute approximate surface area is 608 Å². The molecule has 0 N–H and O–H groups in total. The van der Waals surface area contributed by atoms with E-state index in [2.05, 4.69) is 9.97 Å². The quantitative estimate of drug-likeness (QED) is 0.0295. The van der Waals surface area contributed by atoms with Crippen LogP contribution >= 0.6 is 23.5 Å². The average Bonchev–Trinajstić information content (AvgIpc) is 1.50. The number of hydrogen-bond acceptors (Lipinski definition) is 10. The predicted molar refractivity (Wildman–Crippen MR) is 362 cm³/mol. The van der Waals surface area contributed by atoms with Crippen molar-refractivity contribution in [2.75, 3.05) is 52.2 Å². The van der Waals surface area contributed by atoms with Crippen LogP contribution in [0.25, 0.3) is 22.3 Å². The van der Waals surface area contributed by atoms with Gasteiger partial charge in [0.05, 0.1) is 43.2 Å². The van der Waals surface area contributed by atoms with Gasteiger partial charge in [-0.3, -0.25) is 19.2 Å². The summed E-state index contributed by atoms with van der Waals surface area (Å²) in [4.78, 5) is 66.5. The lowest BCUT2D eigenvalue weighted by Gasteiger charge is -2.33. The molecule has 2 aliphatic carbocycles. The van der Waals surface area contributed by atoms with Crippen molar-refractivity contribution in [1.82, 2.24) is 38.7 Å². The molecule has 0 spiro atoms. The SMILES string of the molecule is [2H]c1c([2H])c(C(F)(F)F)c([2H])c([2H])c1-c1c([2H])c([2H])c(C([2H])([2H])N(C(=O)Cn2c(SC([2H])([2H])c3ccc(F)cc3)nc(=O)c3c2C([2H])([2H])C([2H])(C)C3([2H])[2H])C([2H])([2H])C([2H])([2H])N(CC)CC)c([2H])c1[2H].[2H]c1c([2H])c(C([2H])([2H])Sc2nc(=O)c3c(n2CC(=O)N(C([2H])(C)c2ccc(-c4ccc(C(F)(F)F)cc4)cc2)C([2H])([2H])C([2H])([2H])N(CC)CC)CCC3)c([2H])c([2H])c1F. The molecule has 2 aliphatic rings. The summed E-state index contributed by atoms with van der Waals surface area (Å²) in [5.74, 6) is -8.49. The first-order valence-electron chi connectivity index (χ1n) is 45.3. The summed E-state index contributed by atoms with van der Waals surface area (Å²) in [5.41, 5.74) is -17.3. The van der Waals surface area contributed by atoms with Gasteiger partial charge in [0.2, 0.25) is 11.8 Å². The lowest BCUT2D eigenvalue weighted by Crippen LogP contribution is -2.42. The highest BCUT2D eigenvalue weighted by molar-refractivity contribution is 7.98. The number of nitrogens with zero attached hydrogens (tertiary/aromatic N) is 8. The number of amides is 2. The molecule has 2 aromatic heterocycles. The maximum Gasteiger partial charge on any atom is 0.416 e. The number of likely N-dealkylation sites (N-methyl/N-ethyl adjacent to an activating group) is 2. The number of hydrogen-bond donors (Lipinski definition) is 0. The number of benzene rings is 6. The molecule has 0 radical (unpaired) electrons. The molecular weight excluding hydrogens is 1280 g/mol. The molecule has 6 aromatic carbocycles. The first-order chi connectivity index (χ1) is 58.4. The number of carbonyl (C=O) groups excluding carboxylic acids is 2. The van der Waals surface area contributed by atoms with E-state index >= 15 is 4.79 Å². The maximum atomic E-state index is 15.2. The third-order valence-electron chi connectivity index (χ3n) is 14.4. The second-order valence-corrected chi connectivity index (χ2v) is 22.2. The van der Waals surface area contributed by atoms with Crippen LogP contribution in [0.1, 0.15) is 154 Å². The second kappa shape index (κ2) is 32.9. The fourth-order valence-corrected chi connectivity index (χ4v) is 10.7. The molecule has 2 unspecified atom stereocenters. The van der Waals surface area contributed by atoms with Gasteiger partial charge in [0.25, 0.3) is 11.1 Å². The summed E-state index contributed by atoms with van der Waals surface area (Å²) in [6.07, 6.45) is -15.8. The van der Waals surface area contributed by atoms with E-state index < -0.39 is 261 Å². The van der Waals surface area contributed by atoms with E-state index in [1.807, 2.05) is 0 Å². The fourth-order valence-electron chi connectivity index (χ4n) is 9.27. The summed E-state index contributed by atoms with van der Waals surface area (Å²) < 4.78 is 392. The largest absolute Gasteiger partial charge is 0.416 e. The Kier molecular flexibility index (Phi) is 13.9. The summed E-state index contributed by atoms with van der Waals surface area (Å²) in [6.45, 7) is -13.6. The zero-order chi connectivity index (χ0) is 97.3. The highest BCUT2D eigenvalue weighted by Crippen LogP contribution is 2.35. The van der Waals surface area contributed by atoms with E-state index in [1.165, 1.54) is 50.2 Å². The Hall–Kier alpha value is -7.92. The smallest absolute Gasteiger partial charge is 0.336 e. The third-order valence-corrected chi connectivity index (χ3v) is 16.0. The van der Waals surface area contributed by atoms with Crippen LogP contribution in [0.2, 0.25) is 0 Å². The van der Waals surface area contributed by atoms with Gasteiger partial charge in [-0.15, -0.1) is 0 Å². The predicted octanol–water partition coefficient (Wildman–Crippen LogP) is 15.2. The Morgan fingerprint density at radius 2 is 1.09 bits per heavy atom. The normalized spacial score (nSPS) is 22.0. The van der Waals surface area contributed by atoms with Crippen LogP contribution < -0.4 is 11.1 Å². The van der Waals surface area contributed by atoms with E-state index in [0.29, 0.717) is 27.0 Å². The summed E-state index contributed by atoms with van der Waals surface area (Å²) in [5, 5.41) is -1.48. The molecule has 2 amide bonds. The zero-order valence-electron chi connectivity index (χ0n) is 83.8. The van der Waals surface area contributed by atoms with Crippen molar-refractivity contribution in [2.24, 2.45) is 5.89 Å². The Bertz CT molecular complexity index is 5720. The number of fused-ring (bicyclic) bond motifs is 2. The number of rotatable bonds is 26. The second-order valence-electron chi connectivity index (χ2n) is 20.7. The highest BCUT2D eigenvalue weighted by atomic mass is 32.2. The van der Waals surface area contributed by atoms with E-state index in [9.17, 15) is 59.1 Å². The minimum atomic E-state index is -5.45. The molecule has 0 saturated carbocycles. The summed E-state index contributed by atoms with van der Waals surface area (Å²) in [6, 6.07) is -5.58. The van der Waals surface area contributed by atoms with Gasteiger partial charge in [-0.05, 0) is 164 Å². The van der Waals surface area contributed by atoms with E-state index in [-0.39, 0.29) is 84.9 Å². The van der Waals surface area contributed by atoms with Gasteiger partial charge in [0.15, 0.2) is 10.3 Å². The average molecular weight is 1390 g/mol. The van der Waals surface area contributed by atoms with Crippen LogP contribution in [-0.2, 0) is 78.5 Å². The fraction of sp³-hybridized carbons (Fsp3) is 0.378. The van der Waals surface area contributed by atoms with Gasteiger partial charge in [-0.2, -0.15) is 36.3 Å². The summed E-state index contributed by atoms with van der Waals surface area (Å²) in [7, 11) is 0. The van der Waals surface area contributed by atoms with Crippen LogP contribution in [-0.4, -0.2) is 103 Å². The monoisotopic (exact) mass is 1390 g/mol. The lowest BCUT2D eigenvalue weighted by atomic mass is 9.99. The van der Waals surface area contributed by atoms with Crippen molar-refractivity contribution in [3.05, 3.63) is 234 Å². The molecule has 2 atom stereocenters. The topological polar surface area (TPSA) is 117 Å². The van der Waals surface area contributed by atoms with E-state index in [1.54, 1.807) is 13.8 Å². The van der Waals surface area contributed by atoms with Crippen LogP contribution in [0, 0.1) is 17.5 Å². The number of alkyl halides is 6. The van der Waals surface area contributed by atoms with Crippen molar-refractivity contribution in [3.63, 3.8) is 0 Å². The van der Waals surface area contributed by atoms with Crippen molar-refractivity contribution in [1.29, 1.82) is 0 Å².